The number of hydrogen-bond acceptors (Lipinski definition) is 4. The molecular formula is C17H22F2N2O4. The Morgan fingerprint density at radius 2 is 1.96 bits per heavy atom. The molecule has 1 atom stereocenters. The van der Waals surface area contributed by atoms with Crippen molar-refractivity contribution in [1.29, 1.82) is 0 Å². The van der Waals surface area contributed by atoms with Crippen molar-refractivity contribution in [3.05, 3.63) is 29.3 Å². The number of amides is 2. The molecule has 0 aromatic heterocycles. The van der Waals surface area contributed by atoms with Crippen molar-refractivity contribution >= 4 is 12.0 Å². The zero-order chi connectivity index (χ0) is 18.9. The van der Waals surface area contributed by atoms with Crippen molar-refractivity contribution in [3.63, 3.8) is 0 Å². The van der Waals surface area contributed by atoms with Gasteiger partial charge in [-0.05, 0) is 39.3 Å². The fourth-order valence-corrected chi connectivity index (χ4v) is 2.62. The normalized spacial score (nSPS) is 17.5. The Balaban J connectivity index is 2.09. The van der Waals surface area contributed by atoms with E-state index in [0.717, 1.165) is 12.1 Å². The molecular weight excluding hydrogens is 334 g/mol. The molecule has 0 aliphatic carbocycles. The van der Waals surface area contributed by atoms with Gasteiger partial charge in [-0.15, -0.1) is 0 Å². The lowest BCUT2D eigenvalue weighted by atomic mass is 10.1. The van der Waals surface area contributed by atoms with E-state index < -0.39 is 40.5 Å². The van der Waals surface area contributed by atoms with Gasteiger partial charge in [0.15, 0.2) is 11.6 Å². The van der Waals surface area contributed by atoms with Crippen LogP contribution in [0.1, 0.15) is 37.6 Å². The highest BCUT2D eigenvalue weighted by atomic mass is 19.1. The minimum atomic E-state index is -1.28. The van der Waals surface area contributed by atoms with Gasteiger partial charge >= 0.3 is 6.09 Å². The monoisotopic (exact) mass is 356 g/mol. The molecule has 1 fully saturated rings. The van der Waals surface area contributed by atoms with Crippen molar-refractivity contribution < 1.29 is 28.2 Å². The van der Waals surface area contributed by atoms with Crippen molar-refractivity contribution in [1.82, 2.24) is 9.80 Å². The standard InChI is InChI=1S/C17H22F2N2O4/c1-17(2,3)25-16(24)20(4)10-7-8-21(9-10)15(23)13-11(18)5-6-12(22)14(13)19/h5-6,10,22H,7-9H2,1-4H3. The van der Waals surface area contributed by atoms with E-state index in [0.29, 0.717) is 6.42 Å². The first-order chi connectivity index (χ1) is 11.5. The highest BCUT2D eigenvalue weighted by Gasteiger charge is 2.35. The summed E-state index contributed by atoms with van der Waals surface area (Å²) < 4.78 is 33.0. The number of phenolic OH excluding ortho intramolecular Hbond substituents is 1. The molecule has 1 aromatic carbocycles. The van der Waals surface area contributed by atoms with Gasteiger partial charge in [0.05, 0.1) is 6.04 Å². The molecule has 2 amide bonds. The number of benzene rings is 1. The van der Waals surface area contributed by atoms with Crippen LogP contribution in [0.3, 0.4) is 0 Å². The summed E-state index contributed by atoms with van der Waals surface area (Å²) in [6.45, 7) is 5.61. The third-order valence-corrected chi connectivity index (χ3v) is 3.96. The van der Waals surface area contributed by atoms with E-state index in [-0.39, 0.29) is 19.1 Å². The zero-order valence-corrected chi connectivity index (χ0v) is 14.7. The number of hydrogen-bond donors (Lipinski definition) is 1. The van der Waals surface area contributed by atoms with Crippen LogP contribution in [0.15, 0.2) is 12.1 Å². The van der Waals surface area contributed by atoms with Crippen LogP contribution >= 0.6 is 0 Å². The van der Waals surface area contributed by atoms with E-state index in [2.05, 4.69) is 0 Å². The van der Waals surface area contributed by atoms with Gasteiger partial charge in [0, 0.05) is 20.1 Å². The maximum absolute atomic E-state index is 13.9. The van der Waals surface area contributed by atoms with E-state index in [1.165, 1.54) is 9.80 Å². The summed E-state index contributed by atoms with van der Waals surface area (Å²) in [7, 11) is 1.56. The van der Waals surface area contributed by atoms with Crippen LogP contribution in [0, 0.1) is 11.6 Å². The first-order valence-corrected chi connectivity index (χ1v) is 7.93. The molecule has 25 heavy (non-hydrogen) atoms. The number of likely N-dealkylation sites (N-methyl/N-ethyl adjacent to an activating group) is 1. The molecule has 1 N–H and O–H groups in total. The Morgan fingerprint density at radius 1 is 1.32 bits per heavy atom. The van der Waals surface area contributed by atoms with Gasteiger partial charge in [0.1, 0.15) is 17.0 Å². The molecule has 1 aromatic rings. The number of nitrogens with zero attached hydrogens (tertiary/aromatic N) is 2. The Hall–Kier alpha value is -2.38. The third kappa shape index (κ3) is 4.18. The van der Waals surface area contributed by atoms with E-state index in [1.54, 1.807) is 27.8 Å². The summed E-state index contributed by atoms with van der Waals surface area (Å²) in [5, 5.41) is 9.36. The van der Waals surface area contributed by atoms with Crippen molar-refractivity contribution in [2.75, 3.05) is 20.1 Å². The highest BCUT2D eigenvalue weighted by molar-refractivity contribution is 5.95. The van der Waals surface area contributed by atoms with Crippen LogP contribution < -0.4 is 0 Å². The number of carbonyl (C=O) groups is 2. The second-order valence-corrected chi connectivity index (χ2v) is 7.04. The molecule has 1 aliphatic rings. The van der Waals surface area contributed by atoms with Crippen molar-refractivity contribution in [2.24, 2.45) is 0 Å². The summed E-state index contributed by atoms with van der Waals surface area (Å²) in [6.07, 6.45) is -0.0645. The molecule has 0 bridgehead atoms. The molecule has 138 valence electrons. The first-order valence-electron chi connectivity index (χ1n) is 7.93. The molecule has 0 radical (unpaired) electrons. The Labute approximate surface area is 145 Å². The Kier molecular flexibility index (Phi) is 5.20. The summed E-state index contributed by atoms with van der Waals surface area (Å²) in [6, 6.07) is 1.37. The number of likely N-dealkylation sites (tertiary alicyclic amines) is 1. The molecule has 0 spiro atoms. The fraction of sp³-hybridized carbons (Fsp3) is 0.529. The van der Waals surface area contributed by atoms with Gasteiger partial charge in [0.2, 0.25) is 0 Å². The molecule has 1 saturated heterocycles. The minimum Gasteiger partial charge on any atom is -0.505 e. The van der Waals surface area contributed by atoms with Gasteiger partial charge in [-0.3, -0.25) is 4.79 Å². The lowest BCUT2D eigenvalue weighted by Crippen LogP contribution is -2.42. The van der Waals surface area contributed by atoms with Gasteiger partial charge < -0.3 is 19.6 Å². The van der Waals surface area contributed by atoms with Crippen LogP contribution in [0.25, 0.3) is 0 Å². The van der Waals surface area contributed by atoms with E-state index >= 15 is 0 Å². The lowest BCUT2D eigenvalue weighted by Gasteiger charge is -2.28. The van der Waals surface area contributed by atoms with E-state index in [1.807, 2.05) is 0 Å². The maximum atomic E-state index is 13.9. The van der Waals surface area contributed by atoms with Crippen LogP contribution in [0.5, 0.6) is 5.75 Å². The Bertz CT molecular complexity index is 688. The predicted molar refractivity (Wildman–Crippen MR) is 86.3 cm³/mol. The van der Waals surface area contributed by atoms with Crippen molar-refractivity contribution in [3.8, 4) is 5.75 Å². The molecule has 1 heterocycles. The number of ether oxygens (including phenoxy) is 1. The predicted octanol–water partition coefficient (Wildman–Crippen LogP) is 2.75. The maximum Gasteiger partial charge on any atom is 0.410 e. The van der Waals surface area contributed by atoms with E-state index in [4.69, 9.17) is 4.74 Å². The summed E-state index contributed by atoms with van der Waals surface area (Å²) >= 11 is 0. The summed E-state index contributed by atoms with van der Waals surface area (Å²) in [5.41, 5.74) is -1.44. The third-order valence-electron chi connectivity index (χ3n) is 3.96. The highest BCUT2D eigenvalue weighted by Crippen LogP contribution is 2.26. The summed E-state index contributed by atoms with van der Waals surface area (Å²) in [5.74, 6) is -3.96. The van der Waals surface area contributed by atoms with Gasteiger partial charge in [0.25, 0.3) is 5.91 Å². The molecule has 1 aliphatic heterocycles. The zero-order valence-electron chi connectivity index (χ0n) is 14.7. The van der Waals surface area contributed by atoms with Crippen LogP contribution in [0.4, 0.5) is 13.6 Å². The quantitative estimate of drug-likeness (QED) is 0.885. The lowest BCUT2D eigenvalue weighted by molar-refractivity contribution is 0.0226. The number of aromatic hydroxyl groups is 1. The average molecular weight is 356 g/mol. The molecule has 8 heteroatoms. The smallest absolute Gasteiger partial charge is 0.410 e. The Morgan fingerprint density at radius 3 is 2.56 bits per heavy atom. The number of carbonyl (C=O) groups excluding carboxylic acids is 2. The number of rotatable bonds is 2. The average Bonchev–Trinajstić information content (AvgIpc) is 2.98. The van der Waals surface area contributed by atoms with Gasteiger partial charge in [-0.2, -0.15) is 0 Å². The first kappa shape index (κ1) is 19.0. The van der Waals surface area contributed by atoms with Gasteiger partial charge in [-0.1, -0.05) is 0 Å². The fourth-order valence-electron chi connectivity index (χ4n) is 2.62. The minimum absolute atomic E-state index is 0.128. The second-order valence-electron chi connectivity index (χ2n) is 7.04. The topological polar surface area (TPSA) is 70.1 Å². The summed E-state index contributed by atoms with van der Waals surface area (Å²) in [4.78, 5) is 27.1. The van der Waals surface area contributed by atoms with Gasteiger partial charge in [-0.25, -0.2) is 13.6 Å². The molecule has 6 nitrogen and oxygen atoms in total. The second kappa shape index (κ2) is 6.85. The largest absolute Gasteiger partial charge is 0.505 e. The number of halogens is 2. The van der Waals surface area contributed by atoms with E-state index in [9.17, 15) is 23.5 Å². The molecule has 1 unspecified atom stereocenters. The SMILES string of the molecule is CN(C(=O)OC(C)(C)C)C1CCN(C(=O)c2c(F)ccc(O)c2F)C1. The van der Waals surface area contributed by atoms with Crippen molar-refractivity contribution in [2.45, 2.75) is 38.8 Å². The van der Waals surface area contributed by atoms with Crippen LogP contribution in [-0.4, -0.2) is 58.7 Å². The van der Waals surface area contributed by atoms with Crippen LogP contribution in [-0.2, 0) is 4.74 Å². The van der Waals surface area contributed by atoms with Crippen LogP contribution in [0.2, 0.25) is 0 Å². The molecule has 2 rings (SSSR count). The number of phenols is 1. The molecule has 0 saturated carbocycles.